The molecule has 1 fully saturated rings. The number of hydrogen-bond acceptors (Lipinski definition) is 3. The number of nitrogens with one attached hydrogen (secondary N) is 2. The zero-order valence-corrected chi connectivity index (χ0v) is 15.5. The molecule has 3 rings (SSSR count). The van der Waals surface area contributed by atoms with Crippen molar-refractivity contribution in [1.29, 1.82) is 0 Å². The first kappa shape index (κ1) is 20.2. The molecule has 0 saturated carbocycles. The number of halogens is 2. The number of rotatable bonds is 5. The molecule has 1 aliphatic rings. The molecule has 0 aromatic heterocycles. The van der Waals surface area contributed by atoms with E-state index in [4.69, 9.17) is 4.74 Å². The Morgan fingerprint density at radius 1 is 1.23 bits per heavy atom. The highest BCUT2D eigenvalue weighted by Gasteiger charge is 2.21. The van der Waals surface area contributed by atoms with E-state index in [9.17, 15) is 9.18 Å². The van der Waals surface area contributed by atoms with Gasteiger partial charge in [-0.05, 0) is 56.1 Å². The van der Waals surface area contributed by atoms with Gasteiger partial charge in [-0.2, -0.15) is 0 Å². The predicted molar refractivity (Wildman–Crippen MR) is 102 cm³/mol. The molecule has 2 N–H and O–H groups in total. The van der Waals surface area contributed by atoms with Crippen LogP contribution in [0.2, 0.25) is 0 Å². The van der Waals surface area contributed by atoms with E-state index in [-0.39, 0.29) is 36.8 Å². The summed E-state index contributed by atoms with van der Waals surface area (Å²) in [6.45, 7) is 3.32. The van der Waals surface area contributed by atoms with Crippen LogP contribution >= 0.6 is 12.4 Å². The summed E-state index contributed by atoms with van der Waals surface area (Å²) in [5, 5.41) is 6.48. The van der Waals surface area contributed by atoms with Crippen molar-refractivity contribution in [3.05, 3.63) is 65.5 Å². The predicted octanol–water partition coefficient (Wildman–Crippen LogP) is 3.70. The summed E-state index contributed by atoms with van der Waals surface area (Å²) in [7, 11) is 0. The molecule has 6 heteroatoms. The number of para-hydroxylation sites is 1. The molecular weight excluding hydrogens is 355 g/mol. The molecule has 1 amide bonds. The minimum Gasteiger partial charge on any atom is -0.488 e. The Morgan fingerprint density at radius 2 is 1.96 bits per heavy atom. The van der Waals surface area contributed by atoms with Crippen LogP contribution in [0.4, 0.5) is 4.39 Å². The highest BCUT2D eigenvalue weighted by molar-refractivity contribution is 5.97. The minimum absolute atomic E-state index is 0. The van der Waals surface area contributed by atoms with E-state index in [2.05, 4.69) is 17.6 Å². The number of ether oxygens (including phenoxy) is 1. The third-order valence-electron chi connectivity index (χ3n) is 4.40. The SMILES string of the molecule is CC1CC(NC(=O)c2ccccc2OCc2ccc(F)cc2)CCN1.Cl. The largest absolute Gasteiger partial charge is 0.488 e. The fourth-order valence-electron chi connectivity index (χ4n) is 3.05. The number of benzene rings is 2. The molecule has 4 nitrogen and oxygen atoms in total. The standard InChI is InChI=1S/C20H23FN2O2.ClH/c1-14-12-17(10-11-22-14)23-20(24)18-4-2-3-5-19(18)25-13-15-6-8-16(21)9-7-15;/h2-9,14,17,22H,10-13H2,1H3,(H,23,24);1H. The molecule has 2 aromatic carbocycles. The smallest absolute Gasteiger partial charge is 0.255 e. The summed E-state index contributed by atoms with van der Waals surface area (Å²) >= 11 is 0. The van der Waals surface area contributed by atoms with Gasteiger partial charge in [0.2, 0.25) is 0 Å². The van der Waals surface area contributed by atoms with E-state index in [1.165, 1.54) is 12.1 Å². The van der Waals surface area contributed by atoms with Gasteiger partial charge in [0.05, 0.1) is 5.56 Å². The number of amides is 1. The van der Waals surface area contributed by atoms with E-state index in [1.807, 2.05) is 12.1 Å². The van der Waals surface area contributed by atoms with Crippen LogP contribution in [0, 0.1) is 5.82 Å². The van der Waals surface area contributed by atoms with Gasteiger partial charge in [-0.25, -0.2) is 4.39 Å². The summed E-state index contributed by atoms with van der Waals surface area (Å²) in [4.78, 5) is 12.6. The second kappa shape index (κ2) is 9.55. The van der Waals surface area contributed by atoms with Crippen molar-refractivity contribution < 1.29 is 13.9 Å². The lowest BCUT2D eigenvalue weighted by molar-refractivity contribution is 0.0921. The molecular formula is C20H24ClFN2O2. The zero-order chi connectivity index (χ0) is 17.6. The van der Waals surface area contributed by atoms with Gasteiger partial charge in [0.25, 0.3) is 5.91 Å². The lowest BCUT2D eigenvalue weighted by atomic mass is 10.00. The first-order valence-electron chi connectivity index (χ1n) is 8.62. The van der Waals surface area contributed by atoms with Crippen molar-refractivity contribution in [2.24, 2.45) is 0 Å². The van der Waals surface area contributed by atoms with E-state index in [0.717, 1.165) is 24.9 Å². The van der Waals surface area contributed by atoms with E-state index < -0.39 is 0 Å². The van der Waals surface area contributed by atoms with Crippen LogP contribution in [0.5, 0.6) is 5.75 Å². The lowest BCUT2D eigenvalue weighted by Crippen LogP contribution is -2.46. The van der Waals surface area contributed by atoms with Gasteiger partial charge >= 0.3 is 0 Å². The second-order valence-corrected chi connectivity index (χ2v) is 6.46. The average Bonchev–Trinajstić information content (AvgIpc) is 2.61. The van der Waals surface area contributed by atoms with Crippen molar-refractivity contribution in [1.82, 2.24) is 10.6 Å². The Labute approximate surface area is 159 Å². The van der Waals surface area contributed by atoms with Crippen LogP contribution in [-0.4, -0.2) is 24.5 Å². The molecule has 1 saturated heterocycles. The first-order valence-corrected chi connectivity index (χ1v) is 8.62. The fourth-order valence-corrected chi connectivity index (χ4v) is 3.05. The summed E-state index contributed by atoms with van der Waals surface area (Å²) in [6, 6.07) is 13.9. The fraction of sp³-hybridized carbons (Fsp3) is 0.350. The van der Waals surface area contributed by atoms with Gasteiger partial charge in [0.1, 0.15) is 18.2 Å². The van der Waals surface area contributed by atoms with Crippen molar-refractivity contribution >= 4 is 18.3 Å². The Kier molecular flexibility index (Phi) is 7.42. The molecule has 0 spiro atoms. The normalized spacial score (nSPS) is 19.3. The van der Waals surface area contributed by atoms with E-state index in [0.29, 0.717) is 17.4 Å². The third-order valence-corrected chi connectivity index (χ3v) is 4.40. The highest BCUT2D eigenvalue weighted by atomic mass is 35.5. The summed E-state index contributed by atoms with van der Waals surface area (Å²) in [5.41, 5.74) is 1.37. The Morgan fingerprint density at radius 3 is 2.69 bits per heavy atom. The van der Waals surface area contributed by atoms with Crippen LogP contribution in [0.1, 0.15) is 35.7 Å². The quantitative estimate of drug-likeness (QED) is 0.834. The van der Waals surface area contributed by atoms with Crippen LogP contribution in [0.15, 0.2) is 48.5 Å². The van der Waals surface area contributed by atoms with Crippen molar-refractivity contribution in [2.45, 2.75) is 38.5 Å². The molecule has 0 aliphatic carbocycles. The van der Waals surface area contributed by atoms with Gasteiger partial charge in [-0.1, -0.05) is 24.3 Å². The second-order valence-electron chi connectivity index (χ2n) is 6.46. The Bertz CT molecular complexity index is 724. The van der Waals surface area contributed by atoms with Gasteiger partial charge in [-0.15, -0.1) is 12.4 Å². The maximum Gasteiger partial charge on any atom is 0.255 e. The topological polar surface area (TPSA) is 50.4 Å². The Hall–Kier alpha value is -2.11. The van der Waals surface area contributed by atoms with Gasteiger partial charge in [0.15, 0.2) is 0 Å². The summed E-state index contributed by atoms with van der Waals surface area (Å²) in [5.74, 6) is 0.139. The van der Waals surface area contributed by atoms with E-state index in [1.54, 1.807) is 24.3 Å². The number of piperidine rings is 1. The number of carbonyl (C=O) groups excluding carboxylic acids is 1. The number of carbonyl (C=O) groups is 1. The minimum atomic E-state index is -0.278. The monoisotopic (exact) mass is 378 g/mol. The molecule has 1 aliphatic heterocycles. The third kappa shape index (κ3) is 5.44. The van der Waals surface area contributed by atoms with Crippen molar-refractivity contribution in [3.8, 4) is 5.75 Å². The lowest BCUT2D eigenvalue weighted by Gasteiger charge is -2.28. The molecule has 0 radical (unpaired) electrons. The summed E-state index contributed by atoms with van der Waals surface area (Å²) < 4.78 is 18.8. The molecule has 2 unspecified atom stereocenters. The molecule has 2 atom stereocenters. The van der Waals surface area contributed by atoms with E-state index >= 15 is 0 Å². The first-order chi connectivity index (χ1) is 12.1. The van der Waals surface area contributed by atoms with Crippen molar-refractivity contribution in [3.63, 3.8) is 0 Å². The van der Waals surface area contributed by atoms with Crippen LogP contribution in [-0.2, 0) is 6.61 Å². The average molecular weight is 379 g/mol. The molecule has 2 aromatic rings. The molecule has 1 heterocycles. The maximum atomic E-state index is 13.0. The van der Waals surface area contributed by atoms with Crippen LogP contribution in [0.3, 0.4) is 0 Å². The van der Waals surface area contributed by atoms with Crippen LogP contribution < -0.4 is 15.4 Å². The molecule has 0 bridgehead atoms. The van der Waals surface area contributed by atoms with Crippen LogP contribution in [0.25, 0.3) is 0 Å². The highest BCUT2D eigenvalue weighted by Crippen LogP contribution is 2.20. The zero-order valence-electron chi connectivity index (χ0n) is 14.7. The molecule has 140 valence electrons. The van der Waals surface area contributed by atoms with Gasteiger partial charge in [0, 0.05) is 12.1 Å². The summed E-state index contributed by atoms with van der Waals surface area (Å²) in [6.07, 6.45) is 1.85. The van der Waals surface area contributed by atoms with Gasteiger partial charge in [-0.3, -0.25) is 4.79 Å². The van der Waals surface area contributed by atoms with Crippen molar-refractivity contribution in [2.75, 3.05) is 6.54 Å². The van der Waals surface area contributed by atoms with Gasteiger partial charge < -0.3 is 15.4 Å². The number of hydrogen-bond donors (Lipinski definition) is 2. The maximum absolute atomic E-state index is 13.0. The molecule has 26 heavy (non-hydrogen) atoms. The Balaban J connectivity index is 0.00000243.